The molecule has 0 aromatic heterocycles. The number of aliphatic carboxylic acids is 2. The van der Waals surface area contributed by atoms with Crippen molar-refractivity contribution in [2.24, 2.45) is 0 Å². The molecule has 0 saturated carbocycles. The highest BCUT2D eigenvalue weighted by atomic mass is 16.4. The maximum Gasteiger partial charge on any atom is 0.335 e. The Kier molecular flexibility index (Phi) is 1.80. The fraction of sp³-hybridized carbons (Fsp3) is 0. The quantitative estimate of drug-likeness (QED) is 0.528. The number of hydrogen-bond donors (Lipinski definition) is 2. The highest BCUT2D eigenvalue weighted by Gasteiger charge is 2.20. The zero-order chi connectivity index (χ0) is 8.43. The molecule has 0 unspecified atom stereocenters. The Labute approximate surface area is 63.1 Å². The molecule has 55 valence electrons. The van der Waals surface area contributed by atoms with Gasteiger partial charge in [0.1, 0.15) is 0 Å². The molecule has 0 fully saturated rings. The molecule has 0 aromatic rings. The minimum absolute atomic E-state index is 0.169. The largest absolute Gasteiger partial charge is 0.478 e. The average molecular weight is 151 g/mol. The Morgan fingerprint density at radius 1 is 1.27 bits per heavy atom. The van der Waals surface area contributed by atoms with Gasteiger partial charge in [-0.15, -0.1) is 5.98 Å². The number of carbonyl (C=O) groups is 2. The molecule has 0 amide bonds. The van der Waals surface area contributed by atoms with Crippen LogP contribution < -0.4 is 0 Å². The lowest BCUT2D eigenvalue weighted by Gasteiger charge is -1.94. The van der Waals surface area contributed by atoms with E-state index in [1.165, 1.54) is 19.3 Å². The molecule has 1 rings (SSSR count). The summed E-state index contributed by atoms with van der Waals surface area (Å²) in [7, 11) is 1.26. The molecular weight excluding hydrogens is 147 g/mol. The second-order valence-corrected chi connectivity index (χ2v) is 1.96. The van der Waals surface area contributed by atoms with Gasteiger partial charge in [0.25, 0.3) is 0 Å². The minimum atomic E-state index is -1.22. The van der Waals surface area contributed by atoms with Crippen LogP contribution in [0.15, 0.2) is 23.1 Å². The van der Waals surface area contributed by atoms with Gasteiger partial charge >= 0.3 is 11.9 Å². The predicted octanol–water partition coefficient (Wildman–Crippen LogP) is -0.359. The minimum Gasteiger partial charge on any atom is -0.478 e. The van der Waals surface area contributed by atoms with E-state index in [0.717, 1.165) is 0 Å². The molecule has 4 nitrogen and oxygen atoms in total. The number of carboxylic acids is 2. The maximum atomic E-state index is 10.3. The highest BCUT2D eigenvalue weighted by molar-refractivity contribution is 6.60. The molecule has 0 atom stereocenters. The van der Waals surface area contributed by atoms with Crippen molar-refractivity contribution in [1.82, 2.24) is 0 Å². The molecule has 0 aromatic carbocycles. The van der Waals surface area contributed by atoms with Crippen molar-refractivity contribution in [1.29, 1.82) is 0 Å². The van der Waals surface area contributed by atoms with E-state index in [4.69, 9.17) is 10.2 Å². The Hall–Kier alpha value is -1.52. The lowest BCUT2D eigenvalue weighted by atomic mass is 9.72. The normalized spacial score (nSPS) is 14.9. The van der Waals surface area contributed by atoms with Crippen molar-refractivity contribution in [2.45, 2.75) is 0 Å². The van der Waals surface area contributed by atoms with Gasteiger partial charge in [-0.05, 0) is 0 Å². The first-order valence-corrected chi connectivity index (χ1v) is 2.85. The summed E-state index contributed by atoms with van der Waals surface area (Å²) >= 11 is 0. The summed E-state index contributed by atoms with van der Waals surface area (Å²) in [6, 6.07) is 0. The smallest absolute Gasteiger partial charge is 0.335 e. The molecule has 11 heavy (non-hydrogen) atoms. The first-order chi connectivity index (χ1) is 5.13. The van der Waals surface area contributed by atoms with Gasteiger partial charge in [0.2, 0.25) is 0 Å². The summed E-state index contributed by atoms with van der Waals surface area (Å²) in [6.45, 7) is 0. The van der Waals surface area contributed by atoms with Gasteiger partial charge in [-0.25, -0.2) is 9.59 Å². The van der Waals surface area contributed by atoms with Crippen molar-refractivity contribution in [2.75, 3.05) is 0 Å². The summed E-state index contributed by atoms with van der Waals surface area (Å²) in [6.07, 6.45) is 1.26. The zero-order valence-corrected chi connectivity index (χ0v) is 5.44. The van der Waals surface area contributed by atoms with Crippen LogP contribution in [-0.2, 0) is 9.59 Å². The molecule has 0 saturated heterocycles. The third kappa shape index (κ3) is 1.31. The van der Waals surface area contributed by atoms with Crippen LogP contribution in [0.4, 0.5) is 0 Å². The van der Waals surface area contributed by atoms with Gasteiger partial charge in [-0.3, -0.25) is 0 Å². The molecule has 1 aliphatic heterocycles. The lowest BCUT2D eigenvalue weighted by molar-refractivity contribution is -0.135. The van der Waals surface area contributed by atoms with Gasteiger partial charge in [-0.2, -0.15) is 0 Å². The van der Waals surface area contributed by atoms with Crippen molar-refractivity contribution in [3.63, 3.8) is 0 Å². The summed E-state index contributed by atoms with van der Waals surface area (Å²) in [5, 5.41) is 16.9. The first kappa shape index (κ1) is 7.59. The van der Waals surface area contributed by atoms with Crippen LogP contribution in [0.3, 0.4) is 0 Å². The van der Waals surface area contributed by atoms with Crippen LogP contribution in [0.5, 0.6) is 0 Å². The number of hydrogen-bond acceptors (Lipinski definition) is 2. The van der Waals surface area contributed by atoms with Crippen molar-refractivity contribution < 1.29 is 19.8 Å². The maximum absolute atomic E-state index is 10.3. The summed E-state index contributed by atoms with van der Waals surface area (Å²) < 4.78 is 0. The second kappa shape index (κ2) is 2.61. The number of carboxylic acid groups (broad SMARTS) is 2. The highest BCUT2D eigenvalue weighted by Crippen LogP contribution is 2.12. The third-order valence-electron chi connectivity index (χ3n) is 1.28. The van der Waals surface area contributed by atoms with E-state index >= 15 is 0 Å². The van der Waals surface area contributed by atoms with Crippen LogP contribution in [0, 0.1) is 0 Å². The molecule has 1 heterocycles. The molecule has 5 heteroatoms. The van der Waals surface area contributed by atoms with Crippen LogP contribution in [-0.4, -0.2) is 29.4 Å². The standard InChI is InChI=1S/C6H4BO4/c8-5(9)3-1-2-7-4(3)6(10)11/h1-2H,(H,8,9)(H,10,11). The molecule has 2 N–H and O–H groups in total. The number of rotatable bonds is 2. The van der Waals surface area contributed by atoms with Gasteiger partial charge in [0.05, 0.1) is 5.57 Å². The van der Waals surface area contributed by atoms with Gasteiger partial charge in [0, 0.05) is 5.47 Å². The van der Waals surface area contributed by atoms with E-state index in [9.17, 15) is 9.59 Å². The summed E-state index contributed by atoms with van der Waals surface area (Å²) in [5.74, 6) is -1.04. The summed E-state index contributed by atoms with van der Waals surface area (Å²) in [4.78, 5) is 20.6. The van der Waals surface area contributed by atoms with Crippen molar-refractivity contribution in [3.8, 4) is 0 Å². The van der Waals surface area contributed by atoms with E-state index in [-0.39, 0.29) is 11.0 Å². The topological polar surface area (TPSA) is 74.6 Å². The van der Waals surface area contributed by atoms with Gasteiger partial charge in [0.15, 0.2) is 7.28 Å². The first-order valence-electron chi connectivity index (χ1n) is 2.85. The van der Waals surface area contributed by atoms with Crippen LogP contribution in [0.1, 0.15) is 0 Å². The molecule has 0 bridgehead atoms. The fourth-order valence-electron chi connectivity index (χ4n) is 0.793. The van der Waals surface area contributed by atoms with Crippen LogP contribution in [0.2, 0.25) is 0 Å². The zero-order valence-electron chi connectivity index (χ0n) is 5.44. The van der Waals surface area contributed by atoms with Gasteiger partial charge < -0.3 is 10.2 Å². The van der Waals surface area contributed by atoms with E-state index in [1.807, 2.05) is 0 Å². The van der Waals surface area contributed by atoms with Crippen LogP contribution in [0.25, 0.3) is 0 Å². The van der Waals surface area contributed by atoms with Crippen molar-refractivity contribution >= 4 is 19.2 Å². The Bertz CT molecular complexity index is 276. The average Bonchev–Trinajstić information content (AvgIpc) is 2.32. The van der Waals surface area contributed by atoms with E-state index in [1.54, 1.807) is 0 Å². The van der Waals surface area contributed by atoms with E-state index < -0.39 is 11.9 Å². The summed E-state index contributed by atoms with van der Waals surface area (Å²) in [5.41, 5.74) is -0.338. The van der Waals surface area contributed by atoms with Gasteiger partial charge in [-0.1, -0.05) is 6.08 Å². The van der Waals surface area contributed by atoms with Crippen molar-refractivity contribution in [3.05, 3.63) is 23.1 Å². The fourth-order valence-corrected chi connectivity index (χ4v) is 0.793. The molecular formula is C6H4BO4. The molecule has 1 radical (unpaired) electrons. The van der Waals surface area contributed by atoms with E-state index in [0.29, 0.717) is 0 Å². The third-order valence-corrected chi connectivity index (χ3v) is 1.28. The molecule has 0 aliphatic carbocycles. The van der Waals surface area contributed by atoms with E-state index in [2.05, 4.69) is 0 Å². The second-order valence-electron chi connectivity index (χ2n) is 1.96. The Morgan fingerprint density at radius 2 is 1.91 bits per heavy atom. The van der Waals surface area contributed by atoms with Crippen LogP contribution >= 0.6 is 0 Å². The predicted molar refractivity (Wildman–Crippen MR) is 37.2 cm³/mol. The Balaban J connectivity index is 3.02. The Morgan fingerprint density at radius 3 is 2.27 bits per heavy atom. The molecule has 1 aliphatic rings. The molecule has 0 spiro atoms. The lowest BCUT2D eigenvalue weighted by Crippen LogP contribution is -2.10. The SMILES string of the molecule is O=C(O)C1=C(C(=O)O)C=C[B]1. The monoisotopic (exact) mass is 151 g/mol.